The fourth-order valence-electron chi connectivity index (χ4n) is 3.94. The second kappa shape index (κ2) is 6.82. The van der Waals surface area contributed by atoms with Gasteiger partial charge in [-0.15, -0.1) is 0 Å². The third-order valence-corrected chi connectivity index (χ3v) is 5.71. The molecule has 3 nitrogen and oxygen atoms in total. The number of hydrogen-bond donors (Lipinski definition) is 1. The molecule has 2 aliphatic heterocycles. The summed E-state index contributed by atoms with van der Waals surface area (Å²) in [7, 11) is 0. The molecular weight excluding hydrogens is 272 g/mol. The van der Waals surface area contributed by atoms with Crippen molar-refractivity contribution >= 4 is 5.91 Å². The third-order valence-electron chi connectivity index (χ3n) is 5.71. The van der Waals surface area contributed by atoms with Crippen molar-refractivity contribution in [1.29, 1.82) is 0 Å². The normalized spacial score (nSPS) is 27.3. The maximum absolute atomic E-state index is 12.7. The van der Waals surface area contributed by atoms with Crippen LogP contribution in [0.1, 0.15) is 38.2 Å². The van der Waals surface area contributed by atoms with Gasteiger partial charge in [0.15, 0.2) is 0 Å². The molecule has 2 aliphatic rings. The maximum Gasteiger partial charge on any atom is 0.225 e. The minimum atomic E-state index is 0.173. The van der Waals surface area contributed by atoms with Crippen molar-refractivity contribution in [3.63, 3.8) is 0 Å². The van der Waals surface area contributed by atoms with Crippen LogP contribution in [0.5, 0.6) is 0 Å². The van der Waals surface area contributed by atoms with Crippen LogP contribution in [-0.4, -0.2) is 37.0 Å². The number of nitrogens with zero attached hydrogens (tertiary/aromatic N) is 1. The molecule has 3 atom stereocenters. The van der Waals surface area contributed by atoms with Gasteiger partial charge in [-0.05, 0) is 42.8 Å². The number of likely N-dealkylation sites (tertiary alicyclic amines) is 1. The number of hydrogen-bond acceptors (Lipinski definition) is 2. The average molecular weight is 300 g/mol. The number of nitrogens with one attached hydrogen (secondary N) is 1. The molecule has 3 rings (SSSR count). The lowest BCUT2D eigenvalue weighted by Crippen LogP contribution is -2.52. The summed E-state index contributed by atoms with van der Waals surface area (Å²) in [6, 6.07) is 10.8. The Morgan fingerprint density at radius 3 is 2.64 bits per heavy atom. The van der Waals surface area contributed by atoms with Gasteiger partial charge in [0.1, 0.15) is 0 Å². The molecule has 2 saturated heterocycles. The van der Waals surface area contributed by atoms with E-state index >= 15 is 0 Å². The SMILES string of the molecule is CCC1CN(C(=O)C(C)C2CNC2)CCC1c1ccccc1. The van der Waals surface area contributed by atoms with Crippen molar-refractivity contribution in [1.82, 2.24) is 10.2 Å². The highest BCUT2D eigenvalue weighted by Crippen LogP contribution is 2.35. The zero-order valence-corrected chi connectivity index (χ0v) is 13.8. The van der Waals surface area contributed by atoms with Gasteiger partial charge in [-0.1, -0.05) is 50.6 Å². The smallest absolute Gasteiger partial charge is 0.225 e. The van der Waals surface area contributed by atoms with Gasteiger partial charge in [0.2, 0.25) is 5.91 Å². The molecule has 1 aromatic rings. The highest BCUT2D eigenvalue weighted by atomic mass is 16.2. The van der Waals surface area contributed by atoms with Crippen molar-refractivity contribution < 1.29 is 4.79 Å². The molecule has 120 valence electrons. The lowest BCUT2D eigenvalue weighted by atomic mass is 9.78. The van der Waals surface area contributed by atoms with Gasteiger partial charge < -0.3 is 10.2 Å². The first-order valence-electron chi connectivity index (χ1n) is 8.75. The Balaban J connectivity index is 1.65. The lowest BCUT2D eigenvalue weighted by Gasteiger charge is -2.41. The molecule has 0 radical (unpaired) electrons. The van der Waals surface area contributed by atoms with Gasteiger partial charge in [-0.3, -0.25) is 4.79 Å². The number of benzene rings is 1. The van der Waals surface area contributed by atoms with Crippen LogP contribution in [0.2, 0.25) is 0 Å². The molecule has 1 N–H and O–H groups in total. The molecule has 2 fully saturated rings. The van der Waals surface area contributed by atoms with Crippen LogP contribution in [0.25, 0.3) is 0 Å². The molecule has 22 heavy (non-hydrogen) atoms. The van der Waals surface area contributed by atoms with Crippen LogP contribution in [-0.2, 0) is 4.79 Å². The molecule has 2 heterocycles. The lowest BCUT2D eigenvalue weighted by molar-refractivity contribution is -0.139. The first kappa shape index (κ1) is 15.5. The zero-order chi connectivity index (χ0) is 15.5. The van der Waals surface area contributed by atoms with Gasteiger partial charge in [0, 0.05) is 19.0 Å². The summed E-state index contributed by atoms with van der Waals surface area (Å²) in [6.45, 7) is 8.22. The maximum atomic E-state index is 12.7. The van der Waals surface area contributed by atoms with Crippen LogP contribution >= 0.6 is 0 Å². The van der Waals surface area contributed by atoms with Crippen molar-refractivity contribution in [3.05, 3.63) is 35.9 Å². The predicted octanol–water partition coefficient (Wildman–Crippen LogP) is 2.88. The zero-order valence-electron chi connectivity index (χ0n) is 13.8. The summed E-state index contributed by atoms with van der Waals surface area (Å²) in [5.41, 5.74) is 1.44. The quantitative estimate of drug-likeness (QED) is 0.927. The Bertz CT molecular complexity index is 497. The van der Waals surface area contributed by atoms with Crippen LogP contribution in [0.3, 0.4) is 0 Å². The number of piperidine rings is 1. The van der Waals surface area contributed by atoms with Gasteiger partial charge in [-0.2, -0.15) is 0 Å². The average Bonchev–Trinajstić information content (AvgIpc) is 2.52. The van der Waals surface area contributed by atoms with E-state index in [1.165, 1.54) is 5.56 Å². The summed E-state index contributed by atoms with van der Waals surface area (Å²) in [6.07, 6.45) is 2.24. The number of carbonyl (C=O) groups excluding carboxylic acids is 1. The molecule has 0 bridgehead atoms. The Morgan fingerprint density at radius 2 is 2.05 bits per heavy atom. The van der Waals surface area contributed by atoms with Crippen LogP contribution < -0.4 is 5.32 Å². The van der Waals surface area contributed by atoms with Crippen molar-refractivity contribution in [2.24, 2.45) is 17.8 Å². The summed E-state index contributed by atoms with van der Waals surface area (Å²) < 4.78 is 0. The van der Waals surface area contributed by atoms with Crippen LogP contribution in [0, 0.1) is 17.8 Å². The second-order valence-electron chi connectivity index (χ2n) is 6.97. The predicted molar refractivity (Wildman–Crippen MR) is 89.7 cm³/mol. The van der Waals surface area contributed by atoms with E-state index in [0.29, 0.717) is 23.7 Å². The highest BCUT2D eigenvalue weighted by Gasteiger charge is 2.36. The molecule has 0 saturated carbocycles. The first-order valence-corrected chi connectivity index (χ1v) is 8.75. The summed E-state index contributed by atoms with van der Waals surface area (Å²) in [5.74, 6) is 2.28. The number of carbonyl (C=O) groups is 1. The van der Waals surface area contributed by atoms with Crippen molar-refractivity contribution in [2.45, 2.75) is 32.6 Å². The largest absolute Gasteiger partial charge is 0.342 e. The van der Waals surface area contributed by atoms with E-state index in [2.05, 4.69) is 54.4 Å². The fraction of sp³-hybridized carbons (Fsp3) is 0.632. The highest BCUT2D eigenvalue weighted by molar-refractivity contribution is 5.79. The summed E-state index contributed by atoms with van der Waals surface area (Å²) >= 11 is 0. The molecule has 1 aromatic carbocycles. The molecule has 3 unspecified atom stereocenters. The Hall–Kier alpha value is -1.35. The third kappa shape index (κ3) is 3.05. The number of rotatable bonds is 4. The van der Waals surface area contributed by atoms with Crippen LogP contribution in [0.15, 0.2) is 30.3 Å². The van der Waals surface area contributed by atoms with E-state index in [-0.39, 0.29) is 5.92 Å². The van der Waals surface area contributed by atoms with E-state index in [0.717, 1.165) is 39.0 Å². The van der Waals surface area contributed by atoms with Crippen LogP contribution in [0.4, 0.5) is 0 Å². The molecule has 1 amide bonds. The van der Waals surface area contributed by atoms with Gasteiger partial charge >= 0.3 is 0 Å². The minimum Gasteiger partial charge on any atom is -0.342 e. The molecule has 0 spiro atoms. The summed E-state index contributed by atoms with van der Waals surface area (Å²) in [4.78, 5) is 14.9. The monoisotopic (exact) mass is 300 g/mol. The van der Waals surface area contributed by atoms with Gasteiger partial charge in [0.05, 0.1) is 0 Å². The van der Waals surface area contributed by atoms with Crippen molar-refractivity contribution in [3.8, 4) is 0 Å². The molecule has 0 aliphatic carbocycles. The Kier molecular flexibility index (Phi) is 4.82. The molecule has 3 heteroatoms. The molecular formula is C19H28N2O. The van der Waals surface area contributed by atoms with E-state index in [4.69, 9.17) is 0 Å². The second-order valence-corrected chi connectivity index (χ2v) is 6.97. The topological polar surface area (TPSA) is 32.3 Å². The Labute approximate surface area is 134 Å². The minimum absolute atomic E-state index is 0.173. The summed E-state index contributed by atoms with van der Waals surface area (Å²) in [5, 5.41) is 3.28. The van der Waals surface area contributed by atoms with E-state index in [1.807, 2.05) is 0 Å². The van der Waals surface area contributed by atoms with E-state index < -0.39 is 0 Å². The fourth-order valence-corrected chi connectivity index (χ4v) is 3.94. The Morgan fingerprint density at radius 1 is 1.32 bits per heavy atom. The van der Waals surface area contributed by atoms with E-state index in [9.17, 15) is 4.79 Å². The van der Waals surface area contributed by atoms with E-state index in [1.54, 1.807) is 0 Å². The first-order chi connectivity index (χ1) is 10.7. The number of amides is 1. The van der Waals surface area contributed by atoms with Gasteiger partial charge in [0.25, 0.3) is 0 Å². The van der Waals surface area contributed by atoms with Crippen molar-refractivity contribution in [2.75, 3.05) is 26.2 Å². The standard InChI is InChI=1S/C19H28N2O/c1-3-15-13-21(19(22)14(2)17-11-20-12-17)10-9-18(15)16-7-5-4-6-8-16/h4-8,14-15,17-18,20H,3,9-13H2,1-2H3. The van der Waals surface area contributed by atoms with Gasteiger partial charge in [-0.25, -0.2) is 0 Å². The molecule has 0 aromatic heterocycles.